The van der Waals surface area contributed by atoms with Gasteiger partial charge >= 0.3 is 5.91 Å². The van der Waals surface area contributed by atoms with Gasteiger partial charge in [0.15, 0.2) is 0 Å². The van der Waals surface area contributed by atoms with Gasteiger partial charge in [0.1, 0.15) is 0 Å². The van der Waals surface area contributed by atoms with Crippen molar-refractivity contribution in [2.24, 2.45) is 0 Å². The Bertz CT molecular complexity index is 329. The molecule has 0 bridgehead atoms. The predicted octanol–water partition coefficient (Wildman–Crippen LogP) is 0.952. The maximum Gasteiger partial charge on any atom is 0.309 e. The summed E-state index contributed by atoms with van der Waals surface area (Å²) >= 11 is 0. The van der Waals surface area contributed by atoms with Crippen LogP contribution in [0.5, 0.6) is 0 Å². The van der Waals surface area contributed by atoms with Crippen LogP contribution in [-0.4, -0.2) is 35.9 Å². The summed E-state index contributed by atoms with van der Waals surface area (Å²) in [6, 6.07) is 0. The van der Waals surface area contributed by atoms with Crippen LogP contribution in [0.3, 0.4) is 0 Å². The van der Waals surface area contributed by atoms with Crippen LogP contribution in [0.25, 0.3) is 0 Å². The van der Waals surface area contributed by atoms with Gasteiger partial charge < -0.3 is 14.6 Å². The standard InChI is InChI=1S/C9H13N3O2/c1-10-7-6-11-8(14-7)9(13)12-4-2-3-5-12/h6,10H,2-5H2,1H3. The van der Waals surface area contributed by atoms with Gasteiger partial charge in [0.05, 0.1) is 6.20 Å². The van der Waals surface area contributed by atoms with E-state index >= 15 is 0 Å². The molecule has 5 heteroatoms. The second-order valence-corrected chi connectivity index (χ2v) is 3.28. The molecule has 0 spiro atoms. The van der Waals surface area contributed by atoms with Gasteiger partial charge in [0.25, 0.3) is 5.89 Å². The normalized spacial score (nSPS) is 15.9. The zero-order chi connectivity index (χ0) is 9.97. The first-order chi connectivity index (χ1) is 6.81. The number of anilines is 1. The molecule has 0 atom stereocenters. The summed E-state index contributed by atoms with van der Waals surface area (Å²) in [5.41, 5.74) is 0. The van der Waals surface area contributed by atoms with Gasteiger partial charge in [-0.25, -0.2) is 4.98 Å². The number of carbonyl (C=O) groups excluding carboxylic acids is 1. The van der Waals surface area contributed by atoms with Crippen molar-refractivity contribution in [1.82, 2.24) is 9.88 Å². The van der Waals surface area contributed by atoms with E-state index in [1.54, 1.807) is 11.9 Å². The van der Waals surface area contributed by atoms with Crippen molar-refractivity contribution < 1.29 is 9.21 Å². The zero-order valence-electron chi connectivity index (χ0n) is 8.12. The minimum atomic E-state index is -0.107. The smallest absolute Gasteiger partial charge is 0.309 e. The Labute approximate surface area is 82.1 Å². The van der Waals surface area contributed by atoms with Crippen LogP contribution >= 0.6 is 0 Å². The number of aromatic nitrogens is 1. The first kappa shape index (κ1) is 9.05. The van der Waals surface area contributed by atoms with Crippen LogP contribution in [-0.2, 0) is 0 Å². The van der Waals surface area contributed by atoms with E-state index in [2.05, 4.69) is 10.3 Å². The lowest BCUT2D eigenvalue weighted by atomic mass is 10.4. The first-order valence-corrected chi connectivity index (χ1v) is 4.74. The molecule has 0 aromatic carbocycles. The molecule has 1 saturated heterocycles. The Morgan fingerprint density at radius 1 is 1.57 bits per heavy atom. The van der Waals surface area contributed by atoms with Gasteiger partial charge in [-0.15, -0.1) is 0 Å². The van der Waals surface area contributed by atoms with E-state index in [-0.39, 0.29) is 11.8 Å². The Balaban J connectivity index is 2.09. The molecule has 0 unspecified atom stereocenters. The van der Waals surface area contributed by atoms with E-state index < -0.39 is 0 Å². The number of hydrogen-bond donors (Lipinski definition) is 1. The topological polar surface area (TPSA) is 58.4 Å². The molecule has 1 amide bonds. The molecule has 14 heavy (non-hydrogen) atoms. The lowest BCUT2D eigenvalue weighted by molar-refractivity contribution is 0.0754. The van der Waals surface area contributed by atoms with E-state index in [0.717, 1.165) is 25.9 Å². The molecule has 0 aliphatic carbocycles. The van der Waals surface area contributed by atoms with Gasteiger partial charge in [-0.3, -0.25) is 4.79 Å². The molecule has 1 aliphatic rings. The highest BCUT2D eigenvalue weighted by Crippen LogP contribution is 2.14. The molecule has 0 radical (unpaired) electrons. The molecule has 2 heterocycles. The summed E-state index contributed by atoms with van der Waals surface area (Å²) in [5, 5.41) is 2.79. The zero-order valence-corrected chi connectivity index (χ0v) is 8.12. The van der Waals surface area contributed by atoms with Crippen LogP contribution in [0.4, 0.5) is 5.88 Å². The van der Waals surface area contributed by atoms with Crippen molar-refractivity contribution in [1.29, 1.82) is 0 Å². The van der Waals surface area contributed by atoms with Crippen LogP contribution in [0, 0.1) is 0 Å². The molecule has 1 fully saturated rings. The number of hydrogen-bond acceptors (Lipinski definition) is 4. The average molecular weight is 195 g/mol. The maximum atomic E-state index is 11.7. The molecular weight excluding hydrogens is 182 g/mol. The molecule has 76 valence electrons. The highest BCUT2D eigenvalue weighted by Gasteiger charge is 2.23. The maximum absolute atomic E-state index is 11.7. The van der Waals surface area contributed by atoms with Crippen molar-refractivity contribution in [3.8, 4) is 0 Å². The highest BCUT2D eigenvalue weighted by atomic mass is 16.4. The Morgan fingerprint density at radius 2 is 2.29 bits per heavy atom. The Kier molecular flexibility index (Phi) is 2.39. The fraction of sp³-hybridized carbons (Fsp3) is 0.556. The van der Waals surface area contributed by atoms with Crippen LogP contribution in [0.2, 0.25) is 0 Å². The molecule has 1 aromatic rings. The van der Waals surface area contributed by atoms with Gasteiger partial charge in [0, 0.05) is 20.1 Å². The van der Waals surface area contributed by atoms with Crippen molar-refractivity contribution in [3.63, 3.8) is 0 Å². The van der Waals surface area contributed by atoms with Gasteiger partial charge in [-0.2, -0.15) is 0 Å². The van der Waals surface area contributed by atoms with E-state index in [1.807, 2.05) is 0 Å². The van der Waals surface area contributed by atoms with Crippen molar-refractivity contribution in [3.05, 3.63) is 12.1 Å². The predicted molar refractivity (Wildman–Crippen MR) is 51.2 cm³/mol. The lowest BCUT2D eigenvalue weighted by Gasteiger charge is -2.11. The van der Waals surface area contributed by atoms with Crippen LogP contribution in [0.15, 0.2) is 10.6 Å². The summed E-state index contributed by atoms with van der Waals surface area (Å²) in [4.78, 5) is 17.4. The first-order valence-electron chi connectivity index (χ1n) is 4.74. The Hall–Kier alpha value is -1.52. The molecule has 1 N–H and O–H groups in total. The van der Waals surface area contributed by atoms with Gasteiger partial charge in [-0.1, -0.05) is 0 Å². The van der Waals surface area contributed by atoms with Crippen molar-refractivity contribution in [2.45, 2.75) is 12.8 Å². The third-order valence-corrected chi connectivity index (χ3v) is 2.33. The van der Waals surface area contributed by atoms with Crippen LogP contribution < -0.4 is 5.32 Å². The molecule has 1 aliphatic heterocycles. The van der Waals surface area contributed by atoms with E-state index in [0.29, 0.717) is 5.88 Å². The fourth-order valence-electron chi connectivity index (χ4n) is 1.54. The number of likely N-dealkylation sites (tertiary alicyclic amines) is 1. The van der Waals surface area contributed by atoms with Gasteiger partial charge in [0.2, 0.25) is 5.88 Å². The van der Waals surface area contributed by atoms with Crippen molar-refractivity contribution >= 4 is 11.8 Å². The Morgan fingerprint density at radius 3 is 2.86 bits per heavy atom. The number of amides is 1. The molecule has 2 rings (SSSR count). The van der Waals surface area contributed by atoms with Crippen molar-refractivity contribution in [2.75, 3.05) is 25.5 Å². The van der Waals surface area contributed by atoms with E-state index in [4.69, 9.17) is 4.42 Å². The highest BCUT2D eigenvalue weighted by molar-refractivity contribution is 5.90. The molecule has 5 nitrogen and oxygen atoms in total. The number of nitrogens with zero attached hydrogens (tertiary/aromatic N) is 2. The quantitative estimate of drug-likeness (QED) is 0.763. The third kappa shape index (κ3) is 1.57. The summed E-state index contributed by atoms with van der Waals surface area (Å²) in [5.74, 6) is 0.591. The van der Waals surface area contributed by atoms with E-state index in [1.165, 1.54) is 6.20 Å². The lowest BCUT2D eigenvalue weighted by Crippen LogP contribution is -2.27. The minimum Gasteiger partial charge on any atom is -0.416 e. The minimum absolute atomic E-state index is 0.107. The molecular formula is C9H13N3O2. The average Bonchev–Trinajstić information content (AvgIpc) is 2.88. The van der Waals surface area contributed by atoms with Crippen LogP contribution in [0.1, 0.15) is 23.5 Å². The summed E-state index contributed by atoms with van der Waals surface area (Å²) in [6.07, 6.45) is 3.67. The largest absolute Gasteiger partial charge is 0.416 e. The summed E-state index contributed by atoms with van der Waals surface area (Å²) < 4.78 is 5.19. The molecule has 1 aromatic heterocycles. The third-order valence-electron chi connectivity index (χ3n) is 2.33. The number of rotatable bonds is 2. The second kappa shape index (κ2) is 3.69. The summed E-state index contributed by atoms with van der Waals surface area (Å²) in [7, 11) is 1.73. The fourth-order valence-corrected chi connectivity index (χ4v) is 1.54. The number of oxazole rings is 1. The van der Waals surface area contributed by atoms with E-state index in [9.17, 15) is 4.79 Å². The number of carbonyl (C=O) groups is 1. The monoisotopic (exact) mass is 195 g/mol. The SMILES string of the molecule is CNc1cnc(C(=O)N2CCCC2)o1. The van der Waals surface area contributed by atoms with Gasteiger partial charge in [-0.05, 0) is 12.8 Å². The number of nitrogens with one attached hydrogen (secondary N) is 1. The second-order valence-electron chi connectivity index (χ2n) is 3.28. The molecule has 0 saturated carbocycles. The summed E-state index contributed by atoms with van der Waals surface area (Å²) in [6.45, 7) is 1.63.